The summed E-state index contributed by atoms with van der Waals surface area (Å²) < 4.78 is 4.84. The average molecular weight is 217 g/mol. The number of aliphatic hydroxyl groups excluding tert-OH is 1. The summed E-state index contributed by atoms with van der Waals surface area (Å²) in [4.78, 5) is 11.3. The molecule has 2 N–H and O–H groups in total. The molecule has 0 radical (unpaired) electrons. The fourth-order valence-corrected chi connectivity index (χ4v) is 0.982. The van der Waals surface area contributed by atoms with E-state index in [2.05, 4.69) is 5.32 Å². The minimum absolute atomic E-state index is 0.0321. The highest BCUT2D eigenvalue weighted by molar-refractivity contribution is 5.75. The number of methoxy groups -OCH3 is 1. The molecule has 1 amide bonds. The molecule has 0 aliphatic rings. The molecule has 0 saturated carbocycles. The van der Waals surface area contributed by atoms with Gasteiger partial charge in [-0.2, -0.15) is 0 Å². The van der Waals surface area contributed by atoms with E-state index in [1.165, 1.54) is 0 Å². The molecular formula is C11H23NO3. The molecule has 0 aliphatic carbocycles. The number of aliphatic hydroxyl groups is 1. The SMILES string of the molecule is COCCCC(=O)NCC(O)C(C)(C)C. The second kappa shape index (κ2) is 6.80. The minimum Gasteiger partial charge on any atom is -0.391 e. The first kappa shape index (κ1) is 14.4. The van der Waals surface area contributed by atoms with Gasteiger partial charge in [0.1, 0.15) is 0 Å². The summed E-state index contributed by atoms with van der Waals surface area (Å²) >= 11 is 0. The van der Waals surface area contributed by atoms with Crippen molar-refractivity contribution in [2.75, 3.05) is 20.3 Å². The predicted molar refractivity (Wildman–Crippen MR) is 59.6 cm³/mol. The van der Waals surface area contributed by atoms with Crippen LogP contribution < -0.4 is 5.32 Å². The van der Waals surface area contributed by atoms with Crippen LogP contribution in [0.4, 0.5) is 0 Å². The third-order valence-corrected chi connectivity index (χ3v) is 2.24. The summed E-state index contributed by atoms with van der Waals surface area (Å²) in [7, 11) is 1.61. The summed E-state index contributed by atoms with van der Waals surface area (Å²) in [5, 5.41) is 12.4. The van der Waals surface area contributed by atoms with Crippen LogP contribution in [0.1, 0.15) is 33.6 Å². The lowest BCUT2D eigenvalue weighted by molar-refractivity contribution is -0.122. The summed E-state index contributed by atoms with van der Waals surface area (Å²) in [5.74, 6) is -0.0321. The molecule has 0 aromatic carbocycles. The number of hydrogen-bond donors (Lipinski definition) is 2. The Balaban J connectivity index is 3.62. The van der Waals surface area contributed by atoms with E-state index in [-0.39, 0.29) is 11.3 Å². The molecule has 0 aromatic rings. The van der Waals surface area contributed by atoms with Gasteiger partial charge in [0.15, 0.2) is 0 Å². The highest BCUT2D eigenvalue weighted by Gasteiger charge is 2.22. The van der Waals surface area contributed by atoms with E-state index in [0.717, 1.165) is 0 Å². The maximum absolute atomic E-state index is 11.3. The van der Waals surface area contributed by atoms with Gasteiger partial charge in [-0.1, -0.05) is 20.8 Å². The Morgan fingerprint density at radius 2 is 2.07 bits per heavy atom. The lowest BCUT2D eigenvalue weighted by atomic mass is 9.89. The van der Waals surface area contributed by atoms with Gasteiger partial charge in [0, 0.05) is 26.7 Å². The Bertz CT molecular complexity index is 187. The van der Waals surface area contributed by atoms with Crippen molar-refractivity contribution < 1.29 is 14.6 Å². The second-order valence-electron chi connectivity index (χ2n) is 4.78. The zero-order valence-corrected chi connectivity index (χ0v) is 10.2. The van der Waals surface area contributed by atoms with Crippen LogP contribution in [0, 0.1) is 5.41 Å². The first-order valence-corrected chi connectivity index (χ1v) is 5.31. The normalized spacial score (nSPS) is 13.7. The van der Waals surface area contributed by atoms with E-state index >= 15 is 0 Å². The highest BCUT2D eigenvalue weighted by Crippen LogP contribution is 2.18. The maximum atomic E-state index is 11.3. The summed E-state index contributed by atoms with van der Waals surface area (Å²) in [6.45, 7) is 6.72. The molecule has 1 unspecified atom stereocenters. The summed E-state index contributed by atoms with van der Waals surface area (Å²) in [5.41, 5.74) is -0.195. The minimum atomic E-state index is -0.510. The van der Waals surface area contributed by atoms with Gasteiger partial charge < -0.3 is 15.2 Å². The smallest absolute Gasteiger partial charge is 0.220 e. The molecule has 90 valence electrons. The first-order chi connectivity index (χ1) is 6.88. The van der Waals surface area contributed by atoms with E-state index in [9.17, 15) is 9.90 Å². The van der Waals surface area contributed by atoms with Gasteiger partial charge in [0.25, 0.3) is 0 Å². The Morgan fingerprint density at radius 3 is 2.53 bits per heavy atom. The molecule has 0 fully saturated rings. The van der Waals surface area contributed by atoms with Gasteiger partial charge in [-0.05, 0) is 11.8 Å². The van der Waals surface area contributed by atoms with Crippen LogP contribution in [0.3, 0.4) is 0 Å². The second-order valence-corrected chi connectivity index (χ2v) is 4.78. The van der Waals surface area contributed by atoms with Gasteiger partial charge in [-0.25, -0.2) is 0 Å². The number of amides is 1. The Labute approximate surface area is 92.0 Å². The maximum Gasteiger partial charge on any atom is 0.220 e. The monoisotopic (exact) mass is 217 g/mol. The molecule has 0 spiro atoms. The van der Waals surface area contributed by atoms with Crippen molar-refractivity contribution in [3.05, 3.63) is 0 Å². The van der Waals surface area contributed by atoms with E-state index in [0.29, 0.717) is 26.0 Å². The summed E-state index contributed by atoms with van der Waals surface area (Å²) in [6, 6.07) is 0. The van der Waals surface area contributed by atoms with Crippen LogP contribution in [0.25, 0.3) is 0 Å². The molecule has 4 heteroatoms. The van der Waals surface area contributed by atoms with Crippen molar-refractivity contribution in [1.29, 1.82) is 0 Å². The van der Waals surface area contributed by atoms with Gasteiger partial charge in [-0.15, -0.1) is 0 Å². The topological polar surface area (TPSA) is 58.6 Å². The van der Waals surface area contributed by atoms with Crippen molar-refractivity contribution in [2.45, 2.75) is 39.7 Å². The first-order valence-electron chi connectivity index (χ1n) is 5.31. The molecule has 4 nitrogen and oxygen atoms in total. The van der Waals surface area contributed by atoms with Crippen molar-refractivity contribution in [3.63, 3.8) is 0 Å². The van der Waals surface area contributed by atoms with E-state index in [1.54, 1.807) is 7.11 Å². The molecule has 15 heavy (non-hydrogen) atoms. The Morgan fingerprint density at radius 1 is 1.47 bits per heavy atom. The molecule has 0 aromatic heterocycles. The van der Waals surface area contributed by atoms with E-state index in [1.807, 2.05) is 20.8 Å². The number of carbonyl (C=O) groups excluding carboxylic acids is 1. The zero-order valence-electron chi connectivity index (χ0n) is 10.2. The molecule has 0 saturated heterocycles. The summed E-state index contributed by atoms with van der Waals surface area (Å²) in [6.07, 6.45) is 0.655. The third kappa shape index (κ3) is 7.33. The third-order valence-electron chi connectivity index (χ3n) is 2.24. The quantitative estimate of drug-likeness (QED) is 0.651. The molecule has 0 heterocycles. The number of nitrogens with one attached hydrogen (secondary N) is 1. The average Bonchev–Trinajstić information content (AvgIpc) is 2.13. The fourth-order valence-electron chi connectivity index (χ4n) is 0.982. The van der Waals surface area contributed by atoms with Crippen molar-refractivity contribution in [2.24, 2.45) is 5.41 Å². The molecule has 0 rings (SSSR count). The number of carbonyl (C=O) groups is 1. The van der Waals surface area contributed by atoms with Gasteiger partial charge >= 0.3 is 0 Å². The van der Waals surface area contributed by atoms with Crippen molar-refractivity contribution in [1.82, 2.24) is 5.32 Å². The Kier molecular flexibility index (Phi) is 6.52. The fraction of sp³-hybridized carbons (Fsp3) is 0.909. The van der Waals surface area contributed by atoms with Crippen molar-refractivity contribution in [3.8, 4) is 0 Å². The van der Waals surface area contributed by atoms with Crippen LogP contribution in [0.2, 0.25) is 0 Å². The molecular weight excluding hydrogens is 194 g/mol. The van der Waals surface area contributed by atoms with Crippen LogP contribution in [0.15, 0.2) is 0 Å². The highest BCUT2D eigenvalue weighted by atomic mass is 16.5. The van der Waals surface area contributed by atoms with Crippen LogP contribution in [0.5, 0.6) is 0 Å². The predicted octanol–water partition coefficient (Wildman–Crippen LogP) is 0.936. The van der Waals surface area contributed by atoms with Crippen LogP contribution in [-0.4, -0.2) is 37.4 Å². The molecule has 0 aliphatic heterocycles. The zero-order chi connectivity index (χ0) is 11.9. The largest absolute Gasteiger partial charge is 0.391 e. The van der Waals surface area contributed by atoms with Gasteiger partial charge in [0.05, 0.1) is 6.10 Å². The standard InChI is InChI=1S/C11H23NO3/c1-11(2,3)9(13)8-12-10(14)6-5-7-15-4/h9,13H,5-8H2,1-4H3,(H,12,14). The van der Waals surface area contributed by atoms with Crippen LogP contribution >= 0.6 is 0 Å². The van der Waals surface area contributed by atoms with Crippen molar-refractivity contribution >= 4 is 5.91 Å². The van der Waals surface area contributed by atoms with E-state index in [4.69, 9.17) is 4.74 Å². The van der Waals surface area contributed by atoms with Crippen LogP contribution in [-0.2, 0) is 9.53 Å². The number of rotatable bonds is 6. The van der Waals surface area contributed by atoms with Gasteiger partial charge in [-0.3, -0.25) is 4.79 Å². The molecule has 1 atom stereocenters. The number of ether oxygens (including phenoxy) is 1. The van der Waals surface area contributed by atoms with Gasteiger partial charge in [0.2, 0.25) is 5.91 Å². The number of hydrogen-bond acceptors (Lipinski definition) is 3. The Hall–Kier alpha value is -0.610. The lowest BCUT2D eigenvalue weighted by Crippen LogP contribution is -2.39. The lowest BCUT2D eigenvalue weighted by Gasteiger charge is -2.25. The van der Waals surface area contributed by atoms with E-state index < -0.39 is 6.10 Å². The molecule has 0 bridgehead atoms.